The van der Waals surface area contributed by atoms with Crippen molar-refractivity contribution >= 4 is 27.5 Å². The first-order valence-corrected chi connectivity index (χ1v) is 12.5. The van der Waals surface area contributed by atoms with Gasteiger partial charge in [0.1, 0.15) is 0 Å². The quantitative estimate of drug-likeness (QED) is 0.731. The molecule has 4 rings (SSSR count). The monoisotopic (exact) mass is 433 g/mol. The molecule has 30 heavy (non-hydrogen) atoms. The topological polar surface area (TPSA) is 78.0 Å². The molecule has 0 aliphatic carbocycles. The van der Waals surface area contributed by atoms with Gasteiger partial charge in [-0.25, -0.2) is 8.42 Å². The van der Waals surface area contributed by atoms with Gasteiger partial charge in [0.2, 0.25) is 21.8 Å². The summed E-state index contributed by atoms with van der Waals surface area (Å²) < 4.78 is 27.8. The van der Waals surface area contributed by atoms with E-state index in [1.165, 1.54) is 13.3 Å². The Kier molecular flexibility index (Phi) is 6.16. The van der Waals surface area contributed by atoms with Crippen LogP contribution < -0.4 is 4.90 Å². The Balaban J connectivity index is 1.37. The molecule has 0 N–H and O–H groups in total. The summed E-state index contributed by atoms with van der Waals surface area (Å²) in [6.45, 7) is 4.77. The third kappa shape index (κ3) is 4.25. The molecule has 0 aromatic heterocycles. The number of sulfonamides is 1. The molecule has 2 fully saturated rings. The fourth-order valence-electron chi connectivity index (χ4n) is 4.89. The smallest absolute Gasteiger partial charge is 0.243 e. The zero-order valence-electron chi connectivity index (χ0n) is 17.7. The lowest BCUT2D eigenvalue weighted by atomic mass is 9.93. The summed E-state index contributed by atoms with van der Waals surface area (Å²) in [7, 11) is -3.56. The average molecular weight is 434 g/mol. The van der Waals surface area contributed by atoms with Crippen LogP contribution in [0.15, 0.2) is 23.1 Å². The predicted octanol–water partition coefficient (Wildman–Crippen LogP) is 2.40. The van der Waals surface area contributed by atoms with Gasteiger partial charge >= 0.3 is 0 Å². The summed E-state index contributed by atoms with van der Waals surface area (Å²) in [6.07, 6.45) is 6.05. The van der Waals surface area contributed by atoms with E-state index in [0.717, 1.165) is 50.0 Å². The molecular weight excluding hydrogens is 402 g/mol. The van der Waals surface area contributed by atoms with E-state index in [1.807, 2.05) is 4.90 Å². The van der Waals surface area contributed by atoms with Crippen LogP contribution in [0.25, 0.3) is 0 Å². The standard InChI is InChI=1S/C22H31N3O4S/c1-17(26)25-14-9-19-16-20(5-6-21(19)25)30(28,29)24-12-7-18(8-13-24)15-22(27)23-10-3-2-4-11-23/h5-6,16,18H,2-4,7-15H2,1H3. The number of amides is 2. The summed E-state index contributed by atoms with van der Waals surface area (Å²) >= 11 is 0. The van der Waals surface area contributed by atoms with Crippen molar-refractivity contribution in [2.75, 3.05) is 37.6 Å². The van der Waals surface area contributed by atoms with Gasteiger partial charge in [-0.3, -0.25) is 9.59 Å². The Morgan fingerprint density at radius 1 is 1.00 bits per heavy atom. The summed E-state index contributed by atoms with van der Waals surface area (Å²) in [6, 6.07) is 5.08. The largest absolute Gasteiger partial charge is 0.343 e. The van der Waals surface area contributed by atoms with E-state index < -0.39 is 10.0 Å². The van der Waals surface area contributed by atoms with Crippen LogP contribution in [0.5, 0.6) is 0 Å². The van der Waals surface area contributed by atoms with Gasteiger partial charge in [-0.05, 0) is 68.2 Å². The van der Waals surface area contributed by atoms with E-state index in [-0.39, 0.29) is 17.7 Å². The molecule has 3 aliphatic rings. The lowest BCUT2D eigenvalue weighted by Gasteiger charge is -2.33. The molecule has 164 valence electrons. The second kappa shape index (κ2) is 8.67. The zero-order chi connectivity index (χ0) is 21.3. The summed E-state index contributed by atoms with van der Waals surface area (Å²) in [4.78, 5) is 28.2. The number of carbonyl (C=O) groups is 2. The van der Waals surface area contributed by atoms with Gasteiger partial charge in [-0.1, -0.05) is 0 Å². The second-order valence-corrected chi connectivity index (χ2v) is 10.6. The lowest BCUT2D eigenvalue weighted by Crippen LogP contribution is -2.41. The van der Waals surface area contributed by atoms with Crippen molar-refractivity contribution < 1.29 is 18.0 Å². The normalized spacial score (nSPS) is 21.0. The highest BCUT2D eigenvalue weighted by molar-refractivity contribution is 7.89. The molecule has 0 bridgehead atoms. The molecule has 0 unspecified atom stereocenters. The fraction of sp³-hybridized carbons (Fsp3) is 0.636. The number of anilines is 1. The number of benzene rings is 1. The first-order chi connectivity index (χ1) is 14.4. The molecule has 7 nitrogen and oxygen atoms in total. The van der Waals surface area contributed by atoms with Crippen LogP contribution in [0.3, 0.4) is 0 Å². The van der Waals surface area contributed by atoms with E-state index in [1.54, 1.807) is 27.4 Å². The van der Waals surface area contributed by atoms with Crippen molar-refractivity contribution in [3.63, 3.8) is 0 Å². The number of likely N-dealkylation sites (tertiary alicyclic amines) is 1. The summed E-state index contributed by atoms with van der Waals surface area (Å²) in [5.41, 5.74) is 1.73. The average Bonchev–Trinajstić information content (AvgIpc) is 3.18. The molecule has 3 aliphatic heterocycles. The minimum atomic E-state index is -3.56. The first-order valence-electron chi connectivity index (χ1n) is 11.1. The maximum Gasteiger partial charge on any atom is 0.243 e. The van der Waals surface area contributed by atoms with Gasteiger partial charge in [0.05, 0.1) is 4.90 Å². The van der Waals surface area contributed by atoms with Gasteiger partial charge < -0.3 is 9.80 Å². The van der Waals surface area contributed by atoms with Crippen molar-refractivity contribution in [3.05, 3.63) is 23.8 Å². The minimum absolute atomic E-state index is 0.0227. The molecule has 0 saturated carbocycles. The van der Waals surface area contributed by atoms with E-state index in [4.69, 9.17) is 0 Å². The molecule has 8 heteroatoms. The number of hydrogen-bond acceptors (Lipinski definition) is 4. The SMILES string of the molecule is CC(=O)N1CCc2cc(S(=O)(=O)N3CCC(CC(=O)N4CCCCC4)CC3)ccc21. The Hall–Kier alpha value is -1.93. The highest BCUT2D eigenvalue weighted by Gasteiger charge is 2.32. The van der Waals surface area contributed by atoms with Crippen molar-refractivity contribution in [1.82, 2.24) is 9.21 Å². The maximum atomic E-state index is 13.1. The number of fused-ring (bicyclic) bond motifs is 1. The predicted molar refractivity (Wildman–Crippen MR) is 115 cm³/mol. The number of carbonyl (C=O) groups excluding carboxylic acids is 2. The molecular formula is C22H31N3O4S. The van der Waals surface area contributed by atoms with Gasteiger partial charge in [0, 0.05) is 51.8 Å². The Labute approximate surface area is 179 Å². The molecule has 0 atom stereocenters. The number of nitrogens with zero attached hydrogens (tertiary/aromatic N) is 3. The maximum absolute atomic E-state index is 13.1. The molecule has 1 aromatic rings. The lowest BCUT2D eigenvalue weighted by molar-refractivity contribution is -0.133. The van der Waals surface area contributed by atoms with E-state index in [9.17, 15) is 18.0 Å². The number of rotatable bonds is 4. The van der Waals surface area contributed by atoms with Crippen LogP contribution in [0.2, 0.25) is 0 Å². The van der Waals surface area contributed by atoms with Gasteiger partial charge in [-0.15, -0.1) is 0 Å². The molecule has 2 amide bonds. The van der Waals surface area contributed by atoms with E-state index in [0.29, 0.717) is 37.4 Å². The Bertz CT molecular complexity index is 916. The highest BCUT2D eigenvalue weighted by atomic mass is 32.2. The molecule has 2 saturated heterocycles. The third-order valence-corrected chi connectivity index (χ3v) is 8.60. The molecule has 1 aromatic carbocycles. The molecule has 0 spiro atoms. The number of hydrogen-bond donors (Lipinski definition) is 0. The summed E-state index contributed by atoms with van der Waals surface area (Å²) in [5, 5.41) is 0. The van der Waals surface area contributed by atoms with Gasteiger partial charge in [-0.2, -0.15) is 4.31 Å². The summed E-state index contributed by atoms with van der Waals surface area (Å²) in [5.74, 6) is 0.463. The van der Waals surface area contributed by atoms with E-state index in [2.05, 4.69) is 0 Å². The van der Waals surface area contributed by atoms with Gasteiger partial charge in [0.25, 0.3) is 0 Å². The second-order valence-electron chi connectivity index (χ2n) is 8.70. The minimum Gasteiger partial charge on any atom is -0.343 e. The van der Waals surface area contributed by atoms with Crippen LogP contribution in [0.4, 0.5) is 5.69 Å². The first kappa shape index (κ1) is 21.3. The third-order valence-electron chi connectivity index (χ3n) is 6.71. The zero-order valence-corrected chi connectivity index (χ0v) is 18.5. The van der Waals surface area contributed by atoms with Crippen molar-refractivity contribution in [2.24, 2.45) is 5.92 Å². The Morgan fingerprint density at radius 3 is 2.37 bits per heavy atom. The van der Waals surface area contributed by atoms with E-state index >= 15 is 0 Å². The molecule has 3 heterocycles. The van der Waals surface area contributed by atoms with Crippen molar-refractivity contribution in [1.29, 1.82) is 0 Å². The van der Waals surface area contributed by atoms with Crippen molar-refractivity contribution in [2.45, 2.75) is 56.8 Å². The number of piperidine rings is 2. The van der Waals surface area contributed by atoms with Crippen LogP contribution in [0, 0.1) is 5.92 Å². The van der Waals surface area contributed by atoms with Crippen LogP contribution in [0.1, 0.15) is 51.0 Å². The molecule has 0 radical (unpaired) electrons. The fourth-order valence-corrected chi connectivity index (χ4v) is 6.41. The van der Waals surface area contributed by atoms with Crippen molar-refractivity contribution in [3.8, 4) is 0 Å². The van der Waals surface area contributed by atoms with Gasteiger partial charge in [0.15, 0.2) is 0 Å². The van der Waals surface area contributed by atoms with Crippen LogP contribution in [-0.4, -0.2) is 62.2 Å². The Morgan fingerprint density at radius 2 is 1.70 bits per heavy atom. The van der Waals surface area contributed by atoms with Crippen LogP contribution in [-0.2, 0) is 26.0 Å². The van der Waals surface area contributed by atoms with Crippen LogP contribution >= 0.6 is 0 Å². The highest BCUT2D eigenvalue weighted by Crippen LogP contribution is 2.32.